The second-order valence-corrected chi connectivity index (χ2v) is 4.51. The summed E-state index contributed by atoms with van der Waals surface area (Å²) >= 11 is 0. The van der Waals surface area contributed by atoms with Crippen LogP contribution in [0.1, 0.15) is 26.3 Å². The Kier molecular flexibility index (Phi) is 4.61. The molecule has 0 unspecified atom stereocenters. The average Bonchev–Trinajstić information content (AvgIpc) is 2.49. The number of phenolic OH excluding ortho intramolecular Hbond substituents is 1. The predicted octanol–water partition coefficient (Wildman–Crippen LogP) is 2.75. The summed E-state index contributed by atoms with van der Waals surface area (Å²) in [4.78, 5) is 34.7. The number of esters is 2. The van der Waals surface area contributed by atoms with Gasteiger partial charge < -0.3 is 19.7 Å². The molecule has 0 fully saturated rings. The van der Waals surface area contributed by atoms with Crippen molar-refractivity contribution in [3.8, 4) is 11.5 Å². The molecule has 7 nitrogen and oxygen atoms in total. The first-order valence-electron chi connectivity index (χ1n) is 6.45. The van der Waals surface area contributed by atoms with Gasteiger partial charge >= 0.3 is 18.1 Å². The van der Waals surface area contributed by atoms with Gasteiger partial charge in [-0.3, -0.25) is 0 Å². The Labute approximate surface area is 130 Å². The smallest absolute Gasteiger partial charge is 0.507 e. The van der Waals surface area contributed by atoms with Crippen LogP contribution >= 0.6 is 0 Å². The first-order valence-corrected chi connectivity index (χ1v) is 6.45. The maximum absolute atomic E-state index is 12.1. The fraction of sp³-hybridized carbons (Fsp3) is 0.0625. The summed E-state index contributed by atoms with van der Waals surface area (Å²) in [5.41, 5.74) is -0.0118. The molecule has 2 rings (SSSR count). The van der Waals surface area contributed by atoms with Crippen LogP contribution in [-0.4, -0.2) is 28.3 Å². The first-order chi connectivity index (χ1) is 10.9. The summed E-state index contributed by atoms with van der Waals surface area (Å²) in [5, 5.41) is 18.3. The van der Waals surface area contributed by atoms with Gasteiger partial charge in [-0.25, -0.2) is 14.4 Å². The van der Waals surface area contributed by atoms with Gasteiger partial charge in [0.25, 0.3) is 0 Å². The molecule has 0 aliphatic heterocycles. The Hall–Kier alpha value is -3.35. The van der Waals surface area contributed by atoms with Crippen LogP contribution in [0.5, 0.6) is 11.5 Å². The van der Waals surface area contributed by atoms with Crippen LogP contribution in [0.3, 0.4) is 0 Å². The van der Waals surface area contributed by atoms with Gasteiger partial charge in [0.05, 0.1) is 0 Å². The average molecular weight is 316 g/mol. The van der Waals surface area contributed by atoms with E-state index in [0.29, 0.717) is 5.56 Å². The van der Waals surface area contributed by atoms with Crippen molar-refractivity contribution >= 4 is 18.1 Å². The molecule has 0 radical (unpaired) electrons. The zero-order valence-electron chi connectivity index (χ0n) is 12.0. The molecule has 0 aliphatic rings. The lowest BCUT2D eigenvalue weighted by atomic mass is 10.1. The van der Waals surface area contributed by atoms with Crippen LogP contribution in [-0.2, 0) is 4.74 Å². The summed E-state index contributed by atoms with van der Waals surface area (Å²) < 4.78 is 9.23. The SMILES string of the molecule is Cc1cccc(C(=O)OC(=O)c2ccccc2O)c1OC(=O)O. The number of aryl methyl sites for hydroxylation is 1. The molecule has 0 aromatic heterocycles. The number of hydrogen-bond acceptors (Lipinski definition) is 6. The summed E-state index contributed by atoms with van der Waals surface area (Å²) in [6.07, 6.45) is -1.60. The van der Waals surface area contributed by atoms with Gasteiger partial charge in [0.2, 0.25) is 0 Å². The standard InChI is InChI=1S/C16H12O7/c1-9-5-4-7-11(13(9)22-16(20)21)15(19)23-14(18)10-6-2-3-8-12(10)17/h2-8,17H,1H3,(H,20,21). The molecule has 0 bridgehead atoms. The van der Waals surface area contributed by atoms with Crippen molar-refractivity contribution < 1.29 is 34.1 Å². The maximum atomic E-state index is 12.1. The number of carboxylic acid groups (broad SMARTS) is 1. The molecule has 2 aromatic rings. The third-order valence-electron chi connectivity index (χ3n) is 2.93. The summed E-state index contributed by atoms with van der Waals surface area (Å²) in [6, 6.07) is 9.86. The predicted molar refractivity (Wildman–Crippen MR) is 77.7 cm³/mol. The number of phenols is 1. The molecule has 0 aliphatic carbocycles. The third-order valence-corrected chi connectivity index (χ3v) is 2.93. The van der Waals surface area contributed by atoms with E-state index in [1.807, 2.05) is 0 Å². The maximum Gasteiger partial charge on any atom is 0.511 e. The third kappa shape index (κ3) is 3.65. The van der Waals surface area contributed by atoms with Gasteiger partial charge in [-0.1, -0.05) is 24.3 Å². The van der Waals surface area contributed by atoms with Gasteiger partial charge in [-0.05, 0) is 30.7 Å². The Balaban J connectivity index is 2.28. The Morgan fingerprint density at radius 3 is 2.17 bits per heavy atom. The van der Waals surface area contributed by atoms with Gasteiger partial charge in [-0.15, -0.1) is 0 Å². The normalized spacial score (nSPS) is 9.96. The molecule has 0 amide bonds. The van der Waals surface area contributed by atoms with Crippen molar-refractivity contribution in [1.29, 1.82) is 0 Å². The highest BCUT2D eigenvalue weighted by Gasteiger charge is 2.22. The first kappa shape index (κ1) is 16.0. The highest BCUT2D eigenvalue weighted by molar-refractivity contribution is 6.05. The fourth-order valence-corrected chi connectivity index (χ4v) is 1.88. The molecule has 0 spiro atoms. The van der Waals surface area contributed by atoms with Crippen LogP contribution in [0, 0.1) is 6.92 Å². The van der Waals surface area contributed by atoms with E-state index >= 15 is 0 Å². The quantitative estimate of drug-likeness (QED) is 0.509. The van der Waals surface area contributed by atoms with Crippen LogP contribution in [0.2, 0.25) is 0 Å². The molecule has 2 aromatic carbocycles. The van der Waals surface area contributed by atoms with E-state index in [0.717, 1.165) is 0 Å². The van der Waals surface area contributed by atoms with E-state index in [2.05, 4.69) is 9.47 Å². The van der Waals surface area contributed by atoms with Crippen molar-refractivity contribution in [2.45, 2.75) is 6.92 Å². The van der Waals surface area contributed by atoms with Gasteiger partial charge in [0.15, 0.2) is 5.75 Å². The van der Waals surface area contributed by atoms with E-state index in [9.17, 15) is 19.5 Å². The number of aromatic hydroxyl groups is 1. The molecule has 23 heavy (non-hydrogen) atoms. The van der Waals surface area contributed by atoms with E-state index < -0.39 is 18.1 Å². The number of benzene rings is 2. The number of rotatable bonds is 3. The topological polar surface area (TPSA) is 110 Å². The second-order valence-electron chi connectivity index (χ2n) is 4.51. The van der Waals surface area contributed by atoms with Crippen molar-refractivity contribution in [1.82, 2.24) is 0 Å². The lowest BCUT2D eigenvalue weighted by Gasteiger charge is -2.10. The Bertz CT molecular complexity index is 780. The number of hydrogen-bond donors (Lipinski definition) is 2. The van der Waals surface area contributed by atoms with E-state index in [-0.39, 0.29) is 22.6 Å². The molecular formula is C16H12O7. The number of carbonyl (C=O) groups excluding carboxylic acids is 2. The lowest BCUT2D eigenvalue weighted by Crippen LogP contribution is -2.16. The van der Waals surface area contributed by atoms with Crippen molar-refractivity contribution in [3.63, 3.8) is 0 Å². The Morgan fingerprint density at radius 1 is 0.913 bits per heavy atom. The molecule has 0 heterocycles. The van der Waals surface area contributed by atoms with Gasteiger partial charge in [-0.2, -0.15) is 0 Å². The van der Waals surface area contributed by atoms with E-state index in [1.165, 1.54) is 36.4 Å². The van der Waals surface area contributed by atoms with Crippen LogP contribution < -0.4 is 4.74 Å². The summed E-state index contributed by atoms with van der Waals surface area (Å²) in [7, 11) is 0. The molecule has 0 saturated carbocycles. The van der Waals surface area contributed by atoms with Crippen molar-refractivity contribution in [3.05, 3.63) is 59.2 Å². The molecule has 0 saturated heterocycles. The lowest BCUT2D eigenvalue weighted by molar-refractivity contribution is 0.0394. The number of carbonyl (C=O) groups is 3. The number of para-hydroxylation sites is 2. The zero-order chi connectivity index (χ0) is 17.0. The minimum Gasteiger partial charge on any atom is -0.507 e. The highest BCUT2D eigenvalue weighted by atomic mass is 16.7. The minimum atomic E-state index is -1.60. The molecule has 7 heteroatoms. The second kappa shape index (κ2) is 6.61. The molecule has 118 valence electrons. The molecule has 2 N–H and O–H groups in total. The van der Waals surface area contributed by atoms with Crippen molar-refractivity contribution in [2.75, 3.05) is 0 Å². The monoisotopic (exact) mass is 316 g/mol. The van der Waals surface area contributed by atoms with Crippen LogP contribution in [0.4, 0.5) is 4.79 Å². The molecule has 0 atom stereocenters. The van der Waals surface area contributed by atoms with Crippen LogP contribution in [0.25, 0.3) is 0 Å². The zero-order valence-corrected chi connectivity index (χ0v) is 12.0. The van der Waals surface area contributed by atoms with Gasteiger partial charge in [0.1, 0.15) is 16.9 Å². The highest BCUT2D eigenvalue weighted by Crippen LogP contribution is 2.25. The van der Waals surface area contributed by atoms with E-state index in [4.69, 9.17) is 5.11 Å². The summed E-state index contributed by atoms with van der Waals surface area (Å²) in [6.45, 7) is 1.54. The Morgan fingerprint density at radius 2 is 1.52 bits per heavy atom. The molecular weight excluding hydrogens is 304 g/mol. The summed E-state index contributed by atoms with van der Waals surface area (Å²) in [5.74, 6) is -2.69. The largest absolute Gasteiger partial charge is 0.511 e. The fourth-order valence-electron chi connectivity index (χ4n) is 1.88. The van der Waals surface area contributed by atoms with Gasteiger partial charge in [0, 0.05) is 0 Å². The van der Waals surface area contributed by atoms with E-state index in [1.54, 1.807) is 13.0 Å². The van der Waals surface area contributed by atoms with Crippen molar-refractivity contribution in [2.24, 2.45) is 0 Å². The minimum absolute atomic E-state index is 0.186. The van der Waals surface area contributed by atoms with Crippen LogP contribution in [0.15, 0.2) is 42.5 Å². The number of ether oxygens (including phenoxy) is 2.